The number of anilines is 2. The summed E-state index contributed by atoms with van der Waals surface area (Å²) in [5, 5.41) is 8.82. The number of carbonyl (C=O) groups excluding carboxylic acids is 3. The Kier molecular flexibility index (Phi) is 11.9. The van der Waals surface area contributed by atoms with Crippen molar-refractivity contribution >= 4 is 70.1 Å². The second-order valence-electron chi connectivity index (χ2n) is 9.60. The van der Waals surface area contributed by atoms with Crippen LogP contribution in [0.25, 0.3) is 6.08 Å². The summed E-state index contributed by atoms with van der Waals surface area (Å²) in [6.07, 6.45) is 2.06. The molecule has 0 aromatic heterocycles. The number of hydrogen-bond donors (Lipinski definition) is 3. The molecule has 4 aromatic rings. The van der Waals surface area contributed by atoms with E-state index in [1.54, 1.807) is 84.9 Å². The number of ether oxygens (including phenoxy) is 2. The molecule has 4 aromatic carbocycles. The molecule has 8 nitrogen and oxygen atoms in total. The molecule has 0 spiro atoms. The molecule has 1 unspecified atom stereocenters. The van der Waals surface area contributed by atoms with Gasteiger partial charge in [0.15, 0.2) is 0 Å². The molecule has 45 heavy (non-hydrogen) atoms. The van der Waals surface area contributed by atoms with Gasteiger partial charge in [0.1, 0.15) is 17.2 Å². The second kappa shape index (κ2) is 16.0. The number of thioether (sulfide) groups is 1. The van der Waals surface area contributed by atoms with E-state index in [0.29, 0.717) is 50.5 Å². The third-order valence-corrected chi connectivity index (χ3v) is 8.39. The third kappa shape index (κ3) is 9.28. The fraction of sp³-hybridized carbons (Fsp3) is 0.147. The fourth-order valence-electron chi connectivity index (χ4n) is 4.19. The largest absolute Gasteiger partial charge is 0.497 e. The van der Waals surface area contributed by atoms with E-state index in [4.69, 9.17) is 32.7 Å². The normalized spacial score (nSPS) is 11.7. The van der Waals surface area contributed by atoms with Crippen molar-refractivity contribution < 1.29 is 23.9 Å². The van der Waals surface area contributed by atoms with Crippen LogP contribution < -0.4 is 25.4 Å². The molecule has 0 aliphatic carbocycles. The Hall–Kier alpha value is -4.44. The van der Waals surface area contributed by atoms with Crippen molar-refractivity contribution in [2.45, 2.75) is 23.5 Å². The second-order valence-corrected chi connectivity index (χ2v) is 11.7. The SMILES string of the molecule is CCC(Sc1cccc(NC(=O)/C(=C\c2cc(OC)ccc2OC)NC(=O)c2ccccc2)c1)C(=O)Nc1ccc(Cl)cc1Cl. The van der Waals surface area contributed by atoms with Crippen LogP contribution in [0.2, 0.25) is 10.0 Å². The van der Waals surface area contributed by atoms with E-state index in [9.17, 15) is 14.4 Å². The van der Waals surface area contributed by atoms with Gasteiger partial charge in [-0.2, -0.15) is 0 Å². The van der Waals surface area contributed by atoms with E-state index in [2.05, 4.69) is 16.0 Å². The van der Waals surface area contributed by atoms with Gasteiger partial charge in [-0.05, 0) is 79.2 Å². The monoisotopic (exact) mass is 663 g/mol. The first kappa shape index (κ1) is 33.5. The van der Waals surface area contributed by atoms with Crippen LogP contribution in [0.1, 0.15) is 29.3 Å². The molecule has 0 saturated carbocycles. The Bertz CT molecular complexity index is 1720. The van der Waals surface area contributed by atoms with E-state index < -0.39 is 17.1 Å². The Morgan fingerprint density at radius 1 is 0.867 bits per heavy atom. The van der Waals surface area contributed by atoms with Gasteiger partial charge in [-0.3, -0.25) is 14.4 Å². The lowest BCUT2D eigenvalue weighted by Gasteiger charge is -2.16. The molecule has 0 aliphatic heterocycles. The van der Waals surface area contributed by atoms with Crippen LogP contribution in [0.4, 0.5) is 11.4 Å². The average Bonchev–Trinajstić information content (AvgIpc) is 3.05. The minimum absolute atomic E-state index is 0.0147. The Morgan fingerprint density at radius 2 is 1.64 bits per heavy atom. The lowest BCUT2D eigenvalue weighted by atomic mass is 10.1. The number of hydrogen-bond acceptors (Lipinski definition) is 6. The zero-order valence-corrected chi connectivity index (χ0v) is 27.1. The van der Waals surface area contributed by atoms with Gasteiger partial charge in [0.2, 0.25) is 5.91 Å². The molecule has 0 bridgehead atoms. The Morgan fingerprint density at radius 3 is 2.33 bits per heavy atom. The molecule has 11 heteroatoms. The highest BCUT2D eigenvalue weighted by molar-refractivity contribution is 8.00. The lowest BCUT2D eigenvalue weighted by Crippen LogP contribution is -2.30. The van der Waals surface area contributed by atoms with Gasteiger partial charge in [-0.15, -0.1) is 11.8 Å². The van der Waals surface area contributed by atoms with Crippen LogP contribution in [-0.2, 0) is 9.59 Å². The number of rotatable bonds is 12. The molecule has 1 atom stereocenters. The standard InChI is InChI=1S/C34H31Cl2N3O5S/c1-4-31(34(42)38-28-15-13-23(35)19-27(28)36)45-26-12-8-11-24(20-26)37-33(41)29(39-32(40)21-9-6-5-7-10-21)18-22-17-25(43-2)14-16-30(22)44-3/h5-20,31H,4H2,1-3H3,(H,37,41)(H,38,42)(H,39,40)/b29-18+. The van der Waals surface area contributed by atoms with E-state index in [0.717, 1.165) is 4.90 Å². The lowest BCUT2D eigenvalue weighted by molar-refractivity contribution is -0.116. The molecule has 0 aliphatic rings. The quantitative estimate of drug-likeness (QED) is 0.105. The van der Waals surface area contributed by atoms with Gasteiger partial charge < -0.3 is 25.4 Å². The van der Waals surface area contributed by atoms with Gasteiger partial charge in [0.05, 0.1) is 30.2 Å². The van der Waals surface area contributed by atoms with Gasteiger partial charge in [-0.25, -0.2) is 0 Å². The van der Waals surface area contributed by atoms with Gasteiger partial charge in [0, 0.05) is 26.7 Å². The molecule has 3 amide bonds. The maximum atomic E-state index is 13.6. The predicted molar refractivity (Wildman–Crippen MR) is 182 cm³/mol. The summed E-state index contributed by atoms with van der Waals surface area (Å²) in [6, 6.07) is 25.7. The molecule has 0 heterocycles. The molecular formula is C34H31Cl2N3O5S. The summed E-state index contributed by atoms with van der Waals surface area (Å²) in [6.45, 7) is 1.91. The van der Waals surface area contributed by atoms with Crippen molar-refractivity contribution in [3.63, 3.8) is 0 Å². The van der Waals surface area contributed by atoms with Crippen LogP contribution in [0.3, 0.4) is 0 Å². The first-order valence-corrected chi connectivity index (χ1v) is 15.5. The molecular weight excluding hydrogens is 633 g/mol. The van der Waals surface area contributed by atoms with E-state index >= 15 is 0 Å². The smallest absolute Gasteiger partial charge is 0.272 e. The third-order valence-electron chi connectivity index (χ3n) is 6.49. The van der Waals surface area contributed by atoms with Crippen molar-refractivity contribution in [1.82, 2.24) is 5.32 Å². The summed E-state index contributed by atoms with van der Waals surface area (Å²) >= 11 is 13.6. The topological polar surface area (TPSA) is 106 Å². The van der Waals surface area contributed by atoms with Crippen molar-refractivity contribution in [3.05, 3.63) is 118 Å². The highest BCUT2D eigenvalue weighted by atomic mass is 35.5. The van der Waals surface area contributed by atoms with Crippen molar-refractivity contribution in [2.24, 2.45) is 0 Å². The fourth-order valence-corrected chi connectivity index (χ4v) is 5.66. The summed E-state index contributed by atoms with van der Waals surface area (Å²) < 4.78 is 10.8. The number of carbonyl (C=O) groups is 3. The summed E-state index contributed by atoms with van der Waals surface area (Å²) in [7, 11) is 3.04. The van der Waals surface area contributed by atoms with Crippen molar-refractivity contribution in [1.29, 1.82) is 0 Å². The van der Waals surface area contributed by atoms with Gasteiger partial charge in [0.25, 0.3) is 11.8 Å². The zero-order valence-electron chi connectivity index (χ0n) is 24.7. The minimum atomic E-state index is -0.562. The summed E-state index contributed by atoms with van der Waals surface area (Å²) in [5.41, 5.74) is 1.83. The Balaban J connectivity index is 1.56. The molecule has 0 radical (unpaired) electrons. The average molecular weight is 665 g/mol. The number of methoxy groups -OCH3 is 2. The summed E-state index contributed by atoms with van der Waals surface area (Å²) in [5.74, 6) is -0.206. The number of halogens is 2. The molecule has 232 valence electrons. The first-order chi connectivity index (χ1) is 21.7. The van der Waals surface area contributed by atoms with E-state index in [1.165, 1.54) is 32.1 Å². The number of nitrogens with one attached hydrogen (secondary N) is 3. The number of benzene rings is 4. The van der Waals surface area contributed by atoms with E-state index in [-0.39, 0.29) is 11.6 Å². The van der Waals surface area contributed by atoms with Crippen LogP contribution in [-0.4, -0.2) is 37.2 Å². The van der Waals surface area contributed by atoms with Gasteiger partial charge in [-0.1, -0.05) is 54.4 Å². The molecule has 4 rings (SSSR count). The minimum Gasteiger partial charge on any atom is -0.497 e. The molecule has 0 saturated heterocycles. The molecule has 3 N–H and O–H groups in total. The zero-order chi connectivity index (χ0) is 32.3. The summed E-state index contributed by atoms with van der Waals surface area (Å²) in [4.78, 5) is 40.5. The Labute approximate surface area is 276 Å². The van der Waals surface area contributed by atoms with E-state index in [1.807, 2.05) is 13.0 Å². The maximum absolute atomic E-state index is 13.6. The van der Waals surface area contributed by atoms with Crippen LogP contribution in [0, 0.1) is 0 Å². The van der Waals surface area contributed by atoms with Crippen molar-refractivity contribution in [3.8, 4) is 11.5 Å². The maximum Gasteiger partial charge on any atom is 0.272 e. The van der Waals surface area contributed by atoms with Crippen LogP contribution in [0.5, 0.6) is 11.5 Å². The molecule has 0 fully saturated rings. The highest BCUT2D eigenvalue weighted by Gasteiger charge is 2.20. The number of amides is 3. The van der Waals surface area contributed by atoms with Crippen LogP contribution in [0.15, 0.2) is 102 Å². The first-order valence-electron chi connectivity index (χ1n) is 13.8. The van der Waals surface area contributed by atoms with Gasteiger partial charge >= 0.3 is 0 Å². The highest BCUT2D eigenvalue weighted by Crippen LogP contribution is 2.31. The van der Waals surface area contributed by atoms with Crippen LogP contribution >= 0.6 is 35.0 Å². The predicted octanol–water partition coefficient (Wildman–Crippen LogP) is 7.93. The van der Waals surface area contributed by atoms with Crippen molar-refractivity contribution in [2.75, 3.05) is 24.9 Å².